The number of amides is 1. The van der Waals surface area contributed by atoms with Crippen molar-refractivity contribution in [3.8, 4) is 11.4 Å². The van der Waals surface area contributed by atoms with Gasteiger partial charge in [0.05, 0.1) is 17.5 Å². The minimum atomic E-state index is -1.06. The van der Waals surface area contributed by atoms with Crippen LogP contribution in [0.25, 0.3) is 11.4 Å². The standard InChI is InChI=1S/C21H20FN3O4/c1-21(13-19(27)28,14-7-3-2-4-8-14)24-17(26)11-12-18-23-20(25-29-18)15-9-5-6-10-16(15)22/h2-10H,11-13H2,1H3,(H,24,26)(H,27,28). The third-order valence-electron chi connectivity index (χ3n) is 4.48. The summed E-state index contributed by atoms with van der Waals surface area (Å²) in [7, 11) is 0. The zero-order valence-corrected chi connectivity index (χ0v) is 15.8. The molecule has 3 aromatic rings. The van der Waals surface area contributed by atoms with Crippen molar-refractivity contribution in [3.63, 3.8) is 0 Å². The number of carbonyl (C=O) groups excluding carboxylic acids is 1. The van der Waals surface area contributed by atoms with Crippen molar-refractivity contribution >= 4 is 11.9 Å². The van der Waals surface area contributed by atoms with Crippen LogP contribution < -0.4 is 5.32 Å². The van der Waals surface area contributed by atoms with Gasteiger partial charge >= 0.3 is 5.97 Å². The second-order valence-electron chi connectivity index (χ2n) is 6.81. The Morgan fingerprint density at radius 2 is 1.83 bits per heavy atom. The summed E-state index contributed by atoms with van der Waals surface area (Å²) in [4.78, 5) is 27.9. The lowest BCUT2D eigenvalue weighted by atomic mass is 9.88. The Balaban J connectivity index is 1.66. The van der Waals surface area contributed by atoms with Gasteiger partial charge in [-0.1, -0.05) is 47.6 Å². The van der Waals surface area contributed by atoms with Crippen LogP contribution in [0.2, 0.25) is 0 Å². The molecule has 2 aromatic carbocycles. The SMILES string of the molecule is CC(CC(=O)O)(NC(=O)CCc1nc(-c2ccccc2F)no1)c1ccccc1. The van der Waals surface area contributed by atoms with Crippen LogP contribution in [-0.2, 0) is 21.5 Å². The van der Waals surface area contributed by atoms with Crippen molar-refractivity contribution in [1.82, 2.24) is 15.5 Å². The van der Waals surface area contributed by atoms with Crippen molar-refractivity contribution in [2.45, 2.75) is 31.7 Å². The minimum absolute atomic E-state index is 0.0148. The van der Waals surface area contributed by atoms with Gasteiger partial charge in [0.2, 0.25) is 17.6 Å². The molecule has 150 valence electrons. The number of nitrogens with one attached hydrogen (secondary N) is 1. The number of halogens is 1. The number of hydrogen-bond acceptors (Lipinski definition) is 5. The topological polar surface area (TPSA) is 105 Å². The van der Waals surface area contributed by atoms with Crippen LogP contribution in [-0.4, -0.2) is 27.1 Å². The molecule has 0 aliphatic carbocycles. The van der Waals surface area contributed by atoms with Crippen molar-refractivity contribution in [1.29, 1.82) is 0 Å². The first kappa shape index (κ1) is 20.2. The third kappa shape index (κ3) is 5.04. The number of aliphatic carboxylic acids is 1. The van der Waals surface area contributed by atoms with Crippen LogP contribution >= 0.6 is 0 Å². The molecule has 1 unspecified atom stereocenters. The second-order valence-corrected chi connectivity index (χ2v) is 6.81. The van der Waals surface area contributed by atoms with Gasteiger partial charge in [-0.2, -0.15) is 4.98 Å². The van der Waals surface area contributed by atoms with E-state index in [-0.39, 0.29) is 42.4 Å². The van der Waals surface area contributed by atoms with E-state index in [2.05, 4.69) is 15.5 Å². The number of aryl methyl sites for hydroxylation is 1. The van der Waals surface area contributed by atoms with Gasteiger partial charge < -0.3 is 14.9 Å². The van der Waals surface area contributed by atoms with Crippen LogP contribution in [0.4, 0.5) is 4.39 Å². The highest BCUT2D eigenvalue weighted by atomic mass is 19.1. The average Bonchev–Trinajstić information content (AvgIpc) is 3.15. The fourth-order valence-electron chi connectivity index (χ4n) is 3.03. The molecular formula is C21H20FN3O4. The molecule has 1 heterocycles. The predicted molar refractivity (Wildman–Crippen MR) is 102 cm³/mol. The fourth-order valence-corrected chi connectivity index (χ4v) is 3.03. The molecule has 0 aliphatic heterocycles. The summed E-state index contributed by atoms with van der Waals surface area (Å²) in [6.07, 6.45) is -0.104. The average molecular weight is 397 g/mol. The number of carboxylic acids is 1. The molecule has 0 radical (unpaired) electrons. The molecule has 0 spiro atoms. The molecule has 0 saturated heterocycles. The van der Waals surface area contributed by atoms with Gasteiger partial charge in [-0.05, 0) is 24.6 Å². The van der Waals surface area contributed by atoms with Crippen LogP contribution in [0, 0.1) is 5.82 Å². The second kappa shape index (κ2) is 8.64. The lowest BCUT2D eigenvalue weighted by molar-refractivity contribution is -0.139. The summed E-state index contributed by atoms with van der Waals surface area (Å²) < 4.78 is 18.9. The van der Waals surface area contributed by atoms with E-state index >= 15 is 0 Å². The smallest absolute Gasteiger partial charge is 0.306 e. The van der Waals surface area contributed by atoms with Gasteiger partial charge in [0.15, 0.2) is 0 Å². The molecule has 0 aliphatic rings. The van der Waals surface area contributed by atoms with Gasteiger partial charge in [0.25, 0.3) is 0 Å². The maximum absolute atomic E-state index is 13.8. The summed E-state index contributed by atoms with van der Waals surface area (Å²) in [6.45, 7) is 1.66. The number of hydrogen-bond donors (Lipinski definition) is 2. The Hall–Kier alpha value is -3.55. The van der Waals surface area contributed by atoms with Gasteiger partial charge in [0.1, 0.15) is 5.82 Å². The molecule has 8 heteroatoms. The van der Waals surface area contributed by atoms with Crippen molar-refractivity contribution < 1.29 is 23.6 Å². The highest BCUT2D eigenvalue weighted by Gasteiger charge is 2.31. The molecule has 1 aromatic heterocycles. The predicted octanol–water partition coefficient (Wildman–Crippen LogP) is 3.31. The Labute approximate surface area is 166 Å². The zero-order valence-electron chi connectivity index (χ0n) is 15.8. The number of nitrogens with zero attached hydrogens (tertiary/aromatic N) is 2. The van der Waals surface area contributed by atoms with Gasteiger partial charge in [-0.3, -0.25) is 9.59 Å². The van der Waals surface area contributed by atoms with Crippen molar-refractivity contribution in [2.75, 3.05) is 0 Å². The molecule has 0 fully saturated rings. The summed E-state index contributed by atoms with van der Waals surface area (Å²) in [6, 6.07) is 15.0. The summed E-state index contributed by atoms with van der Waals surface area (Å²) >= 11 is 0. The first-order valence-electron chi connectivity index (χ1n) is 9.03. The molecule has 1 amide bonds. The quantitative estimate of drug-likeness (QED) is 0.604. The fraction of sp³-hybridized carbons (Fsp3) is 0.238. The van der Waals surface area contributed by atoms with E-state index in [1.54, 1.807) is 43.3 Å². The van der Waals surface area contributed by atoms with E-state index in [0.29, 0.717) is 5.56 Å². The lowest BCUT2D eigenvalue weighted by Gasteiger charge is -2.30. The van der Waals surface area contributed by atoms with Crippen LogP contribution in [0.3, 0.4) is 0 Å². The van der Waals surface area contributed by atoms with Crippen molar-refractivity contribution in [3.05, 3.63) is 71.9 Å². The lowest BCUT2D eigenvalue weighted by Crippen LogP contribution is -2.45. The highest BCUT2D eigenvalue weighted by Crippen LogP contribution is 2.25. The van der Waals surface area contributed by atoms with Crippen molar-refractivity contribution in [2.24, 2.45) is 0 Å². The highest BCUT2D eigenvalue weighted by molar-refractivity contribution is 5.78. The largest absolute Gasteiger partial charge is 0.481 e. The summed E-state index contributed by atoms with van der Waals surface area (Å²) in [5.74, 6) is -1.55. The maximum Gasteiger partial charge on any atom is 0.306 e. The van der Waals surface area contributed by atoms with E-state index in [1.165, 1.54) is 12.1 Å². The molecule has 0 saturated carbocycles. The van der Waals surface area contributed by atoms with E-state index in [9.17, 15) is 19.1 Å². The third-order valence-corrected chi connectivity index (χ3v) is 4.48. The summed E-state index contributed by atoms with van der Waals surface area (Å²) in [5.41, 5.74) is -0.155. The number of carbonyl (C=O) groups is 2. The molecule has 0 bridgehead atoms. The Morgan fingerprint density at radius 1 is 1.14 bits per heavy atom. The van der Waals surface area contributed by atoms with E-state index in [4.69, 9.17) is 4.52 Å². The minimum Gasteiger partial charge on any atom is -0.481 e. The number of rotatable bonds is 8. The van der Waals surface area contributed by atoms with Gasteiger partial charge in [-0.15, -0.1) is 0 Å². The molecule has 3 rings (SSSR count). The van der Waals surface area contributed by atoms with E-state index < -0.39 is 17.3 Å². The molecule has 1 atom stereocenters. The van der Waals surface area contributed by atoms with Gasteiger partial charge in [0, 0.05) is 12.8 Å². The Kier molecular flexibility index (Phi) is 6.01. The van der Waals surface area contributed by atoms with E-state index in [1.807, 2.05) is 6.07 Å². The molecule has 7 nitrogen and oxygen atoms in total. The first-order valence-corrected chi connectivity index (χ1v) is 9.03. The normalized spacial score (nSPS) is 12.9. The molecular weight excluding hydrogens is 377 g/mol. The first-order chi connectivity index (χ1) is 13.9. The van der Waals surface area contributed by atoms with Gasteiger partial charge in [-0.25, -0.2) is 4.39 Å². The van der Waals surface area contributed by atoms with Crippen LogP contribution in [0.5, 0.6) is 0 Å². The maximum atomic E-state index is 13.8. The molecule has 2 N–H and O–H groups in total. The number of aromatic nitrogens is 2. The Bertz CT molecular complexity index is 1010. The Morgan fingerprint density at radius 3 is 2.52 bits per heavy atom. The number of benzene rings is 2. The monoisotopic (exact) mass is 397 g/mol. The van der Waals surface area contributed by atoms with Crippen LogP contribution in [0.1, 0.15) is 31.2 Å². The van der Waals surface area contributed by atoms with E-state index in [0.717, 1.165) is 0 Å². The summed E-state index contributed by atoms with van der Waals surface area (Å²) in [5, 5.41) is 15.8. The zero-order chi connectivity index (χ0) is 20.9. The number of carboxylic acid groups (broad SMARTS) is 1. The molecule has 29 heavy (non-hydrogen) atoms. The van der Waals surface area contributed by atoms with Crippen LogP contribution in [0.15, 0.2) is 59.1 Å².